The number of aromatic hydroxyl groups is 1. The van der Waals surface area contributed by atoms with Crippen LogP contribution in [0.15, 0.2) is 42.5 Å². The molecule has 0 aliphatic carbocycles. The van der Waals surface area contributed by atoms with Gasteiger partial charge in [0.2, 0.25) is 0 Å². The zero-order valence-electron chi connectivity index (χ0n) is 9.81. The molecule has 0 radical (unpaired) electrons. The topological polar surface area (TPSA) is 23.5 Å². The maximum Gasteiger partial charge on any atom is 0.134 e. The van der Waals surface area contributed by atoms with Crippen LogP contribution >= 0.6 is 11.6 Å². The van der Waals surface area contributed by atoms with Crippen LogP contribution in [0.2, 0.25) is 5.02 Å². The zero-order chi connectivity index (χ0) is 12.4. The molecule has 0 amide bonds. The molecular formula is C14H14ClNO. The molecule has 2 nitrogen and oxygen atoms in total. The summed E-state index contributed by atoms with van der Waals surface area (Å²) in [6.45, 7) is 0. The van der Waals surface area contributed by atoms with Crippen molar-refractivity contribution in [3.8, 4) is 16.9 Å². The Morgan fingerprint density at radius 3 is 2.41 bits per heavy atom. The van der Waals surface area contributed by atoms with E-state index in [4.69, 9.17) is 11.6 Å². The lowest BCUT2D eigenvalue weighted by Crippen LogP contribution is -2.09. The molecule has 1 N–H and O–H groups in total. The van der Waals surface area contributed by atoms with Gasteiger partial charge in [-0.15, -0.1) is 0 Å². The second-order valence-electron chi connectivity index (χ2n) is 4.08. The van der Waals surface area contributed by atoms with Crippen molar-refractivity contribution < 1.29 is 5.11 Å². The van der Waals surface area contributed by atoms with Gasteiger partial charge in [0.1, 0.15) is 5.75 Å². The quantitative estimate of drug-likeness (QED) is 0.873. The van der Waals surface area contributed by atoms with Crippen molar-refractivity contribution in [2.24, 2.45) is 0 Å². The van der Waals surface area contributed by atoms with Gasteiger partial charge in [0, 0.05) is 25.3 Å². The number of hydrogen-bond acceptors (Lipinski definition) is 2. The molecule has 3 heteroatoms. The number of anilines is 1. The standard InChI is InChI=1S/C14H14ClNO/c1-16(2)13-6-4-3-5-11(13)10-7-8-14(17)12(15)9-10/h3-9,17H,1-2H3. The van der Waals surface area contributed by atoms with Gasteiger partial charge < -0.3 is 10.0 Å². The maximum absolute atomic E-state index is 9.43. The molecular weight excluding hydrogens is 234 g/mol. The smallest absolute Gasteiger partial charge is 0.134 e. The van der Waals surface area contributed by atoms with E-state index in [1.165, 1.54) is 0 Å². The molecule has 0 aliphatic heterocycles. The number of rotatable bonds is 2. The van der Waals surface area contributed by atoms with Crippen LogP contribution in [0, 0.1) is 0 Å². The predicted octanol–water partition coefficient (Wildman–Crippen LogP) is 3.78. The zero-order valence-corrected chi connectivity index (χ0v) is 10.6. The third kappa shape index (κ3) is 2.37. The van der Waals surface area contributed by atoms with Crippen molar-refractivity contribution in [1.29, 1.82) is 0 Å². The van der Waals surface area contributed by atoms with Crippen molar-refractivity contribution in [2.75, 3.05) is 19.0 Å². The summed E-state index contributed by atoms with van der Waals surface area (Å²) in [5, 5.41) is 9.80. The third-order valence-electron chi connectivity index (χ3n) is 2.64. The molecule has 0 heterocycles. The van der Waals surface area contributed by atoms with Crippen molar-refractivity contribution in [1.82, 2.24) is 0 Å². The summed E-state index contributed by atoms with van der Waals surface area (Å²) in [4.78, 5) is 2.05. The molecule has 0 aliphatic rings. The van der Waals surface area contributed by atoms with Crippen LogP contribution in [-0.4, -0.2) is 19.2 Å². The monoisotopic (exact) mass is 247 g/mol. The number of benzene rings is 2. The number of para-hydroxylation sites is 1. The molecule has 2 aromatic carbocycles. The number of phenols is 1. The fourth-order valence-corrected chi connectivity index (χ4v) is 1.96. The van der Waals surface area contributed by atoms with Gasteiger partial charge in [-0.25, -0.2) is 0 Å². The molecule has 0 atom stereocenters. The average Bonchev–Trinajstić information content (AvgIpc) is 2.32. The molecule has 0 saturated heterocycles. The Balaban J connectivity index is 2.56. The van der Waals surface area contributed by atoms with Gasteiger partial charge in [-0.2, -0.15) is 0 Å². The molecule has 17 heavy (non-hydrogen) atoms. The van der Waals surface area contributed by atoms with Crippen LogP contribution in [0.1, 0.15) is 0 Å². The second kappa shape index (κ2) is 4.68. The second-order valence-corrected chi connectivity index (χ2v) is 4.48. The lowest BCUT2D eigenvalue weighted by molar-refractivity contribution is 0.475. The SMILES string of the molecule is CN(C)c1ccccc1-c1ccc(O)c(Cl)c1. The van der Waals surface area contributed by atoms with Crippen molar-refractivity contribution in [2.45, 2.75) is 0 Å². The van der Waals surface area contributed by atoms with E-state index in [1.54, 1.807) is 12.1 Å². The first-order valence-electron chi connectivity index (χ1n) is 5.35. The van der Waals surface area contributed by atoms with Crippen molar-refractivity contribution in [3.63, 3.8) is 0 Å². The van der Waals surface area contributed by atoms with Gasteiger partial charge in [-0.3, -0.25) is 0 Å². The van der Waals surface area contributed by atoms with E-state index in [2.05, 4.69) is 11.0 Å². The highest BCUT2D eigenvalue weighted by Gasteiger charge is 2.07. The molecule has 2 aromatic rings. The van der Waals surface area contributed by atoms with Gasteiger partial charge in [-0.1, -0.05) is 35.9 Å². The minimum Gasteiger partial charge on any atom is -0.506 e. The van der Waals surface area contributed by atoms with E-state index in [9.17, 15) is 5.11 Å². The lowest BCUT2D eigenvalue weighted by Gasteiger charge is -2.17. The largest absolute Gasteiger partial charge is 0.506 e. The Kier molecular flexibility index (Phi) is 3.25. The van der Waals surface area contributed by atoms with E-state index in [1.807, 2.05) is 38.4 Å². The lowest BCUT2D eigenvalue weighted by atomic mass is 10.0. The highest BCUT2D eigenvalue weighted by atomic mass is 35.5. The number of phenolic OH excluding ortho intramolecular Hbond substituents is 1. The molecule has 0 aromatic heterocycles. The van der Waals surface area contributed by atoms with Gasteiger partial charge in [0.15, 0.2) is 0 Å². The van der Waals surface area contributed by atoms with Crippen LogP contribution in [0.4, 0.5) is 5.69 Å². The van der Waals surface area contributed by atoms with Gasteiger partial charge in [0.05, 0.1) is 5.02 Å². The Morgan fingerprint density at radius 2 is 1.76 bits per heavy atom. The molecule has 2 rings (SSSR count). The molecule has 0 spiro atoms. The Bertz CT molecular complexity index is 537. The Labute approximate surface area is 106 Å². The summed E-state index contributed by atoms with van der Waals surface area (Å²) in [6, 6.07) is 13.3. The van der Waals surface area contributed by atoms with Crippen molar-refractivity contribution >= 4 is 17.3 Å². The first-order chi connectivity index (χ1) is 8.09. The maximum atomic E-state index is 9.43. The van der Waals surface area contributed by atoms with Gasteiger partial charge in [0.25, 0.3) is 0 Å². The first kappa shape index (κ1) is 11.8. The summed E-state index contributed by atoms with van der Waals surface area (Å²) < 4.78 is 0. The van der Waals surface area contributed by atoms with Crippen LogP contribution in [0.5, 0.6) is 5.75 Å². The summed E-state index contributed by atoms with van der Waals surface area (Å²) in [7, 11) is 4.00. The molecule has 0 unspecified atom stereocenters. The van der Waals surface area contributed by atoms with E-state index in [0.717, 1.165) is 16.8 Å². The predicted molar refractivity (Wildman–Crippen MR) is 72.9 cm³/mol. The normalized spacial score (nSPS) is 10.3. The molecule has 0 saturated carbocycles. The highest BCUT2D eigenvalue weighted by molar-refractivity contribution is 6.32. The summed E-state index contributed by atoms with van der Waals surface area (Å²) in [6.07, 6.45) is 0. The highest BCUT2D eigenvalue weighted by Crippen LogP contribution is 2.34. The number of halogens is 1. The summed E-state index contributed by atoms with van der Waals surface area (Å²) in [5.74, 6) is 0.109. The van der Waals surface area contributed by atoms with Gasteiger partial charge >= 0.3 is 0 Å². The van der Waals surface area contributed by atoms with Crippen molar-refractivity contribution in [3.05, 3.63) is 47.5 Å². The van der Waals surface area contributed by atoms with Crippen LogP contribution < -0.4 is 4.90 Å². The van der Waals surface area contributed by atoms with E-state index < -0.39 is 0 Å². The third-order valence-corrected chi connectivity index (χ3v) is 2.95. The van der Waals surface area contributed by atoms with E-state index in [-0.39, 0.29) is 5.75 Å². The Morgan fingerprint density at radius 1 is 1.06 bits per heavy atom. The minimum absolute atomic E-state index is 0.109. The summed E-state index contributed by atoms with van der Waals surface area (Å²) in [5.41, 5.74) is 3.21. The van der Waals surface area contributed by atoms with Gasteiger partial charge in [-0.05, 0) is 23.8 Å². The fourth-order valence-electron chi connectivity index (χ4n) is 1.78. The molecule has 88 valence electrons. The minimum atomic E-state index is 0.109. The molecule has 0 fully saturated rings. The van der Waals surface area contributed by atoms with Crippen LogP contribution in [0.3, 0.4) is 0 Å². The van der Waals surface area contributed by atoms with Crippen LogP contribution in [-0.2, 0) is 0 Å². The van der Waals surface area contributed by atoms with E-state index in [0.29, 0.717) is 5.02 Å². The fraction of sp³-hybridized carbons (Fsp3) is 0.143. The van der Waals surface area contributed by atoms with Crippen LogP contribution in [0.25, 0.3) is 11.1 Å². The number of nitrogens with zero attached hydrogens (tertiary/aromatic N) is 1. The summed E-state index contributed by atoms with van der Waals surface area (Å²) >= 11 is 5.93. The average molecular weight is 248 g/mol. The van der Waals surface area contributed by atoms with E-state index >= 15 is 0 Å². The Hall–Kier alpha value is -1.67. The molecule has 0 bridgehead atoms. The first-order valence-corrected chi connectivity index (χ1v) is 5.72. The number of hydrogen-bond donors (Lipinski definition) is 1.